The third kappa shape index (κ3) is 7.06. The van der Waals surface area contributed by atoms with Crippen LogP contribution < -0.4 is 35.6 Å². The molecule has 5 rings (SSSR count). The lowest BCUT2D eigenvalue weighted by atomic mass is 9.95. The van der Waals surface area contributed by atoms with Crippen LogP contribution in [-0.4, -0.2) is 50.3 Å². The number of amides is 2. The molecule has 1 aliphatic carbocycles. The molecule has 0 saturated carbocycles. The first kappa shape index (κ1) is 33.4. The smallest absolute Gasteiger partial charge is 0.242 e. The monoisotopic (exact) mass is 640 g/mol. The van der Waals surface area contributed by atoms with E-state index >= 15 is 0 Å². The van der Waals surface area contributed by atoms with Gasteiger partial charge in [-0.15, -0.1) is 0 Å². The summed E-state index contributed by atoms with van der Waals surface area (Å²) in [5.74, 6) is 0.967. The van der Waals surface area contributed by atoms with Crippen LogP contribution in [0.3, 0.4) is 0 Å². The van der Waals surface area contributed by atoms with Gasteiger partial charge in [0.2, 0.25) is 23.0 Å². The van der Waals surface area contributed by atoms with E-state index in [0.29, 0.717) is 42.2 Å². The number of ether oxygens (including phenoxy) is 3. The Kier molecular flexibility index (Phi) is 10.4. The van der Waals surface area contributed by atoms with E-state index in [1.165, 1.54) is 12.3 Å². The van der Waals surface area contributed by atoms with Crippen molar-refractivity contribution in [3.8, 4) is 28.4 Å². The van der Waals surface area contributed by atoms with Gasteiger partial charge < -0.3 is 34.7 Å². The molecule has 47 heavy (non-hydrogen) atoms. The fourth-order valence-corrected chi connectivity index (χ4v) is 6.44. The van der Waals surface area contributed by atoms with Crippen LogP contribution in [0.4, 0.5) is 5.69 Å². The Morgan fingerprint density at radius 3 is 2.45 bits per heavy atom. The molecular formula is C37H44N4O6. The number of methoxy groups -OCH3 is 3. The van der Waals surface area contributed by atoms with Crippen LogP contribution in [-0.2, 0) is 22.6 Å². The molecule has 1 aliphatic rings. The molecule has 10 nitrogen and oxygen atoms in total. The van der Waals surface area contributed by atoms with Crippen molar-refractivity contribution >= 4 is 28.4 Å². The fraction of sp³-hybridized carbons (Fsp3) is 0.378. The van der Waals surface area contributed by atoms with E-state index in [4.69, 9.17) is 14.2 Å². The van der Waals surface area contributed by atoms with Crippen LogP contribution in [0.2, 0.25) is 0 Å². The molecule has 1 aromatic heterocycles. The number of aromatic nitrogens is 1. The molecule has 1 heterocycles. The highest BCUT2D eigenvalue weighted by atomic mass is 16.5. The van der Waals surface area contributed by atoms with Crippen molar-refractivity contribution in [2.24, 2.45) is 5.92 Å². The summed E-state index contributed by atoms with van der Waals surface area (Å²) in [7, 11) is 4.68. The third-order valence-corrected chi connectivity index (χ3v) is 8.73. The number of hydrogen-bond acceptors (Lipinski definition) is 7. The lowest BCUT2D eigenvalue weighted by Gasteiger charge is -2.22. The van der Waals surface area contributed by atoms with Gasteiger partial charge in [0.1, 0.15) is 6.04 Å². The molecule has 3 N–H and O–H groups in total. The van der Waals surface area contributed by atoms with Gasteiger partial charge in [-0.1, -0.05) is 38.1 Å². The number of fused-ring (bicyclic) bond motifs is 4. The number of carbonyl (C=O) groups is 2. The van der Waals surface area contributed by atoms with Gasteiger partial charge in [0, 0.05) is 37.3 Å². The van der Waals surface area contributed by atoms with Gasteiger partial charge in [0.25, 0.3) is 0 Å². The first-order chi connectivity index (χ1) is 22.7. The Bertz CT molecular complexity index is 1830. The van der Waals surface area contributed by atoms with Crippen molar-refractivity contribution in [3.05, 3.63) is 82.1 Å². The van der Waals surface area contributed by atoms with Gasteiger partial charge in [-0.2, -0.15) is 0 Å². The van der Waals surface area contributed by atoms with Gasteiger partial charge in [0.15, 0.2) is 11.5 Å². The van der Waals surface area contributed by atoms with Crippen molar-refractivity contribution in [3.63, 3.8) is 0 Å². The van der Waals surface area contributed by atoms with E-state index in [0.717, 1.165) is 35.2 Å². The van der Waals surface area contributed by atoms with Gasteiger partial charge in [-0.25, -0.2) is 0 Å². The largest absolute Gasteiger partial charge is 0.493 e. The lowest BCUT2D eigenvalue weighted by molar-refractivity contribution is -0.122. The second-order valence-electron chi connectivity index (χ2n) is 12.2. The maximum absolute atomic E-state index is 13.8. The van der Waals surface area contributed by atoms with Gasteiger partial charge in [-0.05, 0) is 77.6 Å². The Hall–Kier alpha value is -4.99. The van der Waals surface area contributed by atoms with Crippen LogP contribution >= 0.6 is 0 Å². The molecule has 0 aliphatic heterocycles. The Morgan fingerprint density at radius 1 is 0.979 bits per heavy atom. The minimum Gasteiger partial charge on any atom is -0.493 e. The average molecular weight is 641 g/mol. The summed E-state index contributed by atoms with van der Waals surface area (Å²) in [5.41, 5.74) is 4.25. The molecule has 0 radical (unpaired) electrons. The van der Waals surface area contributed by atoms with Crippen molar-refractivity contribution in [1.29, 1.82) is 0 Å². The van der Waals surface area contributed by atoms with Gasteiger partial charge in [-0.3, -0.25) is 14.4 Å². The number of nitrogens with one attached hydrogen (secondary N) is 3. The molecule has 0 unspecified atom stereocenters. The second-order valence-corrected chi connectivity index (χ2v) is 12.2. The quantitative estimate of drug-likeness (QED) is 0.176. The molecule has 248 valence electrons. The summed E-state index contributed by atoms with van der Waals surface area (Å²) < 4.78 is 19.4. The zero-order valence-electron chi connectivity index (χ0n) is 27.9. The van der Waals surface area contributed by atoms with Crippen LogP contribution in [0.5, 0.6) is 17.2 Å². The molecule has 4 aromatic rings. The number of rotatable bonds is 12. The fourth-order valence-electron chi connectivity index (χ4n) is 6.44. The van der Waals surface area contributed by atoms with E-state index in [-0.39, 0.29) is 28.8 Å². The van der Waals surface area contributed by atoms with Crippen molar-refractivity contribution in [1.82, 2.24) is 15.2 Å². The summed E-state index contributed by atoms with van der Waals surface area (Å²) >= 11 is 0. The van der Waals surface area contributed by atoms with Gasteiger partial charge >= 0.3 is 0 Å². The van der Waals surface area contributed by atoms with Crippen LogP contribution in [0.25, 0.3) is 22.0 Å². The maximum atomic E-state index is 13.8. The van der Waals surface area contributed by atoms with E-state index in [1.54, 1.807) is 33.5 Å². The molecule has 2 atom stereocenters. The zero-order chi connectivity index (χ0) is 33.7. The Morgan fingerprint density at radius 2 is 1.74 bits per heavy atom. The molecule has 0 saturated heterocycles. The minimum atomic E-state index is -0.644. The molecule has 0 spiro atoms. The summed E-state index contributed by atoms with van der Waals surface area (Å²) in [6.07, 6.45) is 3.98. The molecule has 3 aromatic carbocycles. The van der Waals surface area contributed by atoms with Crippen molar-refractivity contribution in [2.75, 3.05) is 33.2 Å². The highest BCUT2D eigenvalue weighted by molar-refractivity contribution is 5.86. The number of anilines is 1. The number of aryl methyl sites for hydroxylation is 2. The average Bonchev–Trinajstić information content (AvgIpc) is 3.32. The molecule has 2 amide bonds. The lowest BCUT2D eigenvalue weighted by Crippen LogP contribution is -2.44. The number of nitrogens with zero attached hydrogens (tertiary/aromatic N) is 1. The summed E-state index contributed by atoms with van der Waals surface area (Å²) in [6.45, 7) is 6.62. The van der Waals surface area contributed by atoms with Crippen LogP contribution in [0.1, 0.15) is 50.8 Å². The van der Waals surface area contributed by atoms with Crippen LogP contribution in [0, 0.1) is 5.92 Å². The van der Waals surface area contributed by atoms with Crippen molar-refractivity contribution < 1.29 is 23.8 Å². The zero-order valence-corrected chi connectivity index (χ0v) is 27.9. The normalized spacial score (nSPS) is 14.4. The molecule has 0 fully saturated rings. The molecule has 0 bridgehead atoms. The SMILES string of the molecule is COc1cc2c(c(OC)c1OC)-c1ccc(N[C@@H](C(=O)NCCCn3ccc4ccccc43)C(C)C)c(=O)cc1[C@H](NC(C)=O)CC2. The third-order valence-electron chi connectivity index (χ3n) is 8.73. The standard InChI is InChI=1S/C37H44N4O6/c1-22(2)34(37(44)38-17-9-18-41-19-16-24-10-7-8-11-30(24)41)40-29-15-13-26-27(21-31(29)43)28(39-23(3)42)14-12-25-20-32(45-4)35(46-5)36(47-6)33(25)26/h7-8,10-11,13,15-16,19-22,28,34H,9,12,14,17-18H2,1-6H3,(H,38,44)(H,39,42)(H,40,43)/t28-,34-/m1/s1. The number of para-hydroxylation sites is 1. The highest BCUT2D eigenvalue weighted by Gasteiger charge is 2.30. The summed E-state index contributed by atoms with van der Waals surface area (Å²) in [6, 6.07) is 16.3. The Labute approximate surface area is 275 Å². The predicted molar refractivity (Wildman–Crippen MR) is 184 cm³/mol. The molecule has 10 heteroatoms. The maximum Gasteiger partial charge on any atom is 0.242 e. The van der Waals surface area contributed by atoms with E-state index in [2.05, 4.69) is 44.9 Å². The number of carbonyl (C=O) groups excluding carboxylic acids is 2. The predicted octanol–water partition coefficient (Wildman–Crippen LogP) is 5.46. The Balaban J connectivity index is 1.44. The second kappa shape index (κ2) is 14.6. The van der Waals surface area contributed by atoms with E-state index in [9.17, 15) is 14.4 Å². The summed E-state index contributed by atoms with van der Waals surface area (Å²) in [4.78, 5) is 39.5. The first-order valence-electron chi connectivity index (χ1n) is 16.0. The van der Waals surface area contributed by atoms with E-state index < -0.39 is 12.1 Å². The first-order valence-corrected chi connectivity index (χ1v) is 16.0. The van der Waals surface area contributed by atoms with Crippen molar-refractivity contribution in [2.45, 2.75) is 58.7 Å². The van der Waals surface area contributed by atoms with Crippen LogP contribution in [0.15, 0.2) is 65.6 Å². The van der Waals surface area contributed by atoms with E-state index in [1.807, 2.05) is 38.1 Å². The highest BCUT2D eigenvalue weighted by Crippen LogP contribution is 2.50. The molecular weight excluding hydrogens is 596 g/mol. The summed E-state index contributed by atoms with van der Waals surface area (Å²) in [5, 5.41) is 10.5. The topological polar surface area (TPSA) is 120 Å². The number of hydrogen-bond donors (Lipinski definition) is 3. The van der Waals surface area contributed by atoms with Gasteiger partial charge in [0.05, 0.1) is 33.1 Å². The minimum absolute atomic E-state index is 0.101. The number of benzene rings is 2.